The summed E-state index contributed by atoms with van der Waals surface area (Å²) in [4.78, 5) is 40.4. The lowest BCUT2D eigenvalue weighted by atomic mass is 10.1. The molecule has 26 heavy (non-hydrogen) atoms. The van der Waals surface area contributed by atoms with Crippen LogP contribution in [0.15, 0.2) is 46.2 Å². The fraction of sp³-hybridized carbons (Fsp3) is 0.333. The van der Waals surface area contributed by atoms with Gasteiger partial charge in [0.2, 0.25) is 5.91 Å². The second-order valence-corrected chi connectivity index (χ2v) is 6.18. The number of nitrogens with zero attached hydrogens (tertiary/aromatic N) is 4. The number of hydrogen-bond acceptors (Lipinski definition) is 4. The maximum absolute atomic E-state index is 12.3. The molecular formula is C18H21N5O3. The monoisotopic (exact) mass is 355 g/mol. The molecule has 0 spiro atoms. The minimum atomic E-state index is -0.402. The number of amides is 1. The van der Waals surface area contributed by atoms with Crippen LogP contribution < -0.4 is 16.6 Å². The molecule has 3 rings (SSSR count). The summed E-state index contributed by atoms with van der Waals surface area (Å²) in [6, 6.07) is 9.55. The third kappa shape index (κ3) is 3.44. The summed E-state index contributed by atoms with van der Waals surface area (Å²) < 4.78 is 4.15. The van der Waals surface area contributed by atoms with Crippen LogP contribution in [0.3, 0.4) is 0 Å². The molecule has 0 atom stereocenters. The van der Waals surface area contributed by atoms with E-state index in [9.17, 15) is 14.4 Å². The van der Waals surface area contributed by atoms with Crippen LogP contribution in [0.4, 0.5) is 0 Å². The Morgan fingerprint density at radius 3 is 2.58 bits per heavy atom. The van der Waals surface area contributed by atoms with E-state index in [1.807, 2.05) is 30.3 Å². The number of hydrogen-bond donors (Lipinski definition) is 1. The zero-order valence-electron chi connectivity index (χ0n) is 14.8. The van der Waals surface area contributed by atoms with Crippen LogP contribution >= 0.6 is 0 Å². The first-order valence-corrected chi connectivity index (χ1v) is 8.40. The number of aryl methyl sites for hydroxylation is 2. The Hall–Kier alpha value is -3.16. The number of rotatable bonds is 6. The quantitative estimate of drug-likeness (QED) is 0.639. The lowest BCUT2D eigenvalue weighted by molar-refractivity contribution is -0.120. The molecule has 0 saturated heterocycles. The second-order valence-electron chi connectivity index (χ2n) is 6.18. The average Bonchev–Trinajstić information content (AvgIpc) is 3.06. The Labute approximate surface area is 149 Å². The van der Waals surface area contributed by atoms with E-state index in [4.69, 9.17) is 0 Å². The van der Waals surface area contributed by atoms with Crippen LogP contribution in [0.25, 0.3) is 11.2 Å². The number of carbonyl (C=O) groups is 1. The Kier molecular flexibility index (Phi) is 5.01. The summed E-state index contributed by atoms with van der Waals surface area (Å²) in [5.74, 6) is -0.0370. The number of nitrogens with one attached hydrogen (secondary N) is 1. The van der Waals surface area contributed by atoms with Crippen LogP contribution in [-0.2, 0) is 31.9 Å². The van der Waals surface area contributed by atoms with E-state index >= 15 is 0 Å². The van der Waals surface area contributed by atoms with Crippen molar-refractivity contribution in [1.29, 1.82) is 0 Å². The van der Waals surface area contributed by atoms with Gasteiger partial charge in [-0.2, -0.15) is 0 Å². The highest BCUT2D eigenvalue weighted by Crippen LogP contribution is 2.06. The summed E-state index contributed by atoms with van der Waals surface area (Å²) in [6.45, 7) is 1.02. The highest BCUT2D eigenvalue weighted by Gasteiger charge is 2.13. The van der Waals surface area contributed by atoms with Crippen molar-refractivity contribution in [3.63, 3.8) is 0 Å². The number of carbonyl (C=O) groups excluding carboxylic acids is 1. The average molecular weight is 355 g/mol. The lowest BCUT2D eigenvalue weighted by Gasteiger charge is -2.08. The normalized spacial score (nSPS) is 11.0. The molecule has 0 aliphatic carbocycles. The molecular weight excluding hydrogens is 334 g/mol. The van der Waals surface area contributed by atoms with Gasteiger partial charge in [-0.1, -0.05) is 30.3 Å². The zero-order chi connectivity index (χ0) is 18.7. The molecule has 1 aromatic carbocycles. The predicted octanol–water partition coefficient (Wildman–Crippen LogP) is 0.183. The minimum absolute atomic E-state index is 0.0370. The molecule has 136 valence electrons. The van der Waals surface area contributed by atoms with Crippen molar-refractivity contribution in [1.82, 2.24) is 24.0 Å². The van der Waals surface area contributed by atoms with E-state index in [1.165, 1.54) is 11.6 Å². The molecule has 1 amide bonds. The van der Waals surface area contributed by atoms with Crippen molar-refractivity contribution >= 4 is 17.1 Å². The van der Waals surface area contributed by atoms with E-state index < -0.39 is 5.69 Å². The van der Waals surface area contributed by atoms with Gasteiger partial charge in [-0.05, 0) is 12.0 Å². The van der Waals surface area contributed by atoms with Gasteiger partial charge >= 0.3 is 5.69 Å². The minimum Gasteiger partial charge on any atom is -0.356 e. The van der Waals surface area contributed by atoms with Crippen LogP contribution in [-0.4, -0.2) is 31.1 Å². The third-order valence-corrected chi connectivity index (χ3v) is 4.32. The van der Waals surface area contributed by atoms with Crippen molar-refractivity contribution in [2.24, 2.45) is 14.1 Å². The van der Waals surface area contributed by atoms with Crippen molar-refractivity contribution in [3.05, 3.63) is 63.1 Å². The number of fused-ring (bicyclic) bond motifs is 1. The first kappa shape index (κ1) is 17.7. The van der Waals surface area contributed by atoms with Crippen molar-refractivity contribution in [2.45, 2.75) is 19.4 Å². The van der Waals surface area contributed by atoms with Crippen molar-refractivity contribution < 1.29 is 4.79 Å². The molecule has 0 saturated carbocycles. The van der Waals surface area contributed by atoms with Crippen molar-refractivity contribution in [2.75, 3.05) is 6.54 Å². The van der Waals surface area contributed by atoms with Crippen LogP contribution in [0.2, 0.25) is 0 Å². The molecule has 0 aliphatic heterocycles. The molecule has 0 fully saturated rings. The first-order valence-electron chi connectivity index (χ1n) is 8.40. The van der Waals surface area contributed by atoms with Gasteiger partial charge in [-0.3, -0.25) is 18.7 Å². The van der Waals surface area contributed by atoms with E-state index in [-0.39, 0.29) is 11.5 Å². The van der Waals surface area contributed by atoms with Crippen LogP contribution in [0.1, 0.15) is 12.0 Å². The molecule has 8 nitrogen and oxygen atoms in total. The molecule has 8 heteroatoms. The Bertz CT molecular complexity index is 1050. The standard InChI is InChI=1S/C18H21N5O3/c1-21-16-15(17(25)22(2)18(21)26)23(12-20-16)10-6-9-19-14(24)11-13-7-4-3-5-8-13/h3-5,7-8,12H,6,9-11H2,1-2H3,(H,19,24). The first-order chi connectivity index (χ1) is 12.5. The number of aromatic nitrogens is 4. The molecule has 0 radical (unpaired) electrons. The van der Waals surface area contributed by atoms with Gasteiger partial charge in [-0.25, -0.2) is 9.78 Å². The van der Waals surface area contributed by atoms with Crippen LogP contribution in [0, 0.1) is 0 Å². The van der Waals surface area contributed by atoms with E-state index in [0.29, 0.717) is 37.1 Å². The van der Waals surface area contributed by atoms with Gasteiger partial charge in [0.05, 0.1) is 12.7 Å². The van der Waals surface area contributed by atoms with Gasteiger partial charge in [0.25, 0.3) is 5.56 Å². The largest absolute Gasteiger partial charge is 0.356 e. The maximum atomic E-state index is 12.3. The maximum Gasteiger partial charge on any atom is 0.332 e. The molecule has 2 heterocycles. The topological polar surface area (TPSA) is 90.9 Å². The zero-order valence-corrected chi connectivity index (χ0v) is 14.8. The number of imidazole rings is 1. The number of benzene rings is 1. The SMILES string of the molecule is Cn1c(=O)c2c(ncn2CCCNC(=O)Cc2ccccc2)n(C)c1=O. The second kappa shape index (κ2) is 7.38. The Morgan fingerprint density at radius 2 is 1.85 bits per heavy atom. The highest BCUT2D eigenvalue weighted by atomic mass is 16.2. The molecule has 2 aromatic heterocycles. The van der Waals surface area contributed by atoms with Crippen LogP contribution in [0.5, 0.6) is 0 Å². The van der Waals surface area contributed by atoms with Gasteiger partial charge in [-0.15, -0.1) is 0 Å². The molecule has 1 N–H and O–H groups in total. The fourth-order valence-electron chi connectivity index (χ4n) is 2.89. The Morgan fingerprint density at radius 1 is 1.12 bits per heavy atom. The summed E-state index contributed by atoms with van der Waals surface area (Å²) in [5, 5.41) is 2.88. The van der Waals surface area contributed by atoms with Gasteiger partial charge in [0.15, 0.2) is 11.2 Å². The van der Waals surface area contributed by atoms with E-state index in [0.717, 1.165) is 10.1 Å². The summed E-state index contributed by atoms with van der Waals surface area (Å²) in [6.07, 6.45) is 2.55. The molecule has 0 unspecified atom stereocenters. The van der Waals surface area contributed by atoms with E-state index in [1.54, 1.807) is 17.9 Å². The fourth-order valence-corrected chi connectivity index (χ4v) is 2.89. The molecule has 3 aromatic rings. The van der Waals surface area contributed by atoms with Gasteiger partial charge < -0.3 is 9.88 Å². The Balaban J connectivity index is 1.61. The van der Waals surface area contributed by atoms with Gasteiger partial charge in [0, 0.05) is 27.2 Å². The summed E-state index contributed by atoms with van der Waals surface area (Å²) in [5.41, 5.74) is 0.959. The highest BCUT2D eigenvalue weighted by molar-refractivity contribution is 5.78. The lowest BCUT2D eigenvalue weighted by Crippen LogP contribution is -2.37. The third-order valence-electron chi connectivity index (χ3n) is 4.32. The molecule has 0 bridgehead atoms. The molecule has 0 aliphatic rings. The van der Waals surface area contributed by atoms with Gasteiger partial charge in [0.1, 0.15) is 0 Å². The summed E-state index contributed by atoms with van der Waals surface area (Å²) in [7, 11) is 3.04. The van der Waals surface area contributed by atoms with E-state index in [2.05, 4.69) is 10.3 Å². The summed E-state index contributed by atoms with van der Waals surface area (Å²) >= 11 is 0. The smallest absolute Gasteiger partial charge is 0.332 e. The van der Waals surface area contributed by atoms with Crippen molar-refractivity contribution in [3.8, 4) is 0 Å². The predicted molar refractivity (Wildman–Crippen MR) is 98.0 cm³/mol.